The van der Waals surface area contributed by atoms with Crippen molar-refractivity contribution in [1.29, 1.82) is 0 Å². The van der Waals surface area contributed by atoms with Gasteiger partial charge in [-0.25, -0.2) is 4.98 Å². The smallest absolute Gasteiger partial charge is 0.240 e. The number of ether oxygens (including phenoxy) is 1. The van der Waals surface area contributed by atoms with E-state index in [0.717, 1.165) is 29.1 Å². The molecule has 21 heavy (non-hydrogen) atoms. The molecule has 6 heteroatoms. The molecule has 0 radical (unpaired) electrons. The highest BCUT2D eigenvalue weighted by Crippen LogP contribution is 2.29. The number of fused-ring (bicyclic) bond motifs is 1. The lowest BCUT2D eigenvalue weighted by molar-refractivity contribution is -0.117. The summed E-state index contributed by atoms with van der Waals surface area (Å²) < 4.78 is 6.50. The first-order valence-corrected chi connectivity index (χ1v) is 8.12. The zero-order valence-corrected chi connectivity index (χ0v) is 12.9. The van der Waals surface area contributed by atoms with E-state index in [2.05, 4.69) is 15.2 Å². The fraction of sp³-hybridized carbons (Fsp3) is 0.467. The van der Waals surface area contributed by atoms with Crippen LogP contribution in [-0.2, 0) is 4.79 Å². The van der Waals surface area contributed by atoms with Crippen LogP contribution in [0.3, 0.4) is 0 Å². The van der Waals surface area contributed by atoms with Crippen molar-refractivity contribution < 1.29 is 9.53 Å². The van der Waals surface area contributed by atoms with Gasteiger partial charge in [-0.3, -0.25) is 9.69 Å². The van der Waals surface area contributed by atoms with Gasteiger partial charge < -0.3 is 10.1 Å². The zero-order valence-electron chi connectivity index (χ0n) is 12.1. The number of hydrogen-bond acceptors (Lipinski definition) is 5. The number of hydrogen-bond donors (Lipinski definition) is 1. The molecule has 1 saturated heterocycles. The van der Waals surface area contributed by atoms with Gasteiger partial charge in [0.1, 0.15) is 5.75 Å². The lowest BCUT2D eigenvalue weighted by Gasteiger charge is -2.12. The first kappa shape index (κ1) is 14.3. The van der Waals surface area contributed by atoms with Gasteiger partial charge in [0.25, 0.3) is 0 Å². The average Bonchev–Trinajstić information content (AvgIpc) is 3.07. The van der Waals surface area contributed by atoms with Crippen molar-refractivity contribution in [3.8, 4) is 5.75 Å². The average molecular weight is 305 g/mol. The van der Waals surface area contributed by atoms with Crippen LogP contribution in [0.4, 0.5) is 5.13 Å². The van der Waals surface area contributed by atoms with Gasteiger partial charge in [0, 0.05) is 0 Å². The van der Waals surface area contributed by atoms with Crippen LogP contribution in [0, 0.1) is 0 Å². The highest BCUT2D eigenvalue weighted by molar-refractivity contribution is 7.22. The van der Waals surface area contributed by atoms with Crippen LogP contribution in [0.2, 0.25) is 0 Å². The molecule has 3 rings (SSSR count). The number of carbonyl (C=O) groups excluding carboxylic acids is 1. The highest BCUT2D eigenvalue weighted by Gasteiger charge is 2.16. The van der Waals surface area contributed by atoms with E-state index >= 15 is 0 Å². The number of nitrogens with zero attached hydrogens (tertiary/aromatic N) is 2. The molecule has 1 N–H and O–H groups in total. The van der Waals surface area contributed by atoms with E-state index in [0.29, 0.717) is 18.3 Å². The number of thiazole rings is 1. The minimum Gasteiger partial charge on any atom is -0.494 e. The topological polar surface area (TPSA) is 54.5 Å². The third-order valence-corrected chi connectivity index (χ3v) is 4.42. The molecular weight excluding hydrogens is 286 g/mol. The van der Waals surface area contributed by atoms with Gasteiger partial charge in [0.15, 0.2) is 5.13 Å². The Hall–Kier alpha value is -1.66. The van der Waals surface area contributed by atoms with Crippen LogP contribution < -0.4 is 10.1 Å². The van der Waals surface area contributed by atoms with Gasteiger partial charge in [-0.1, -0.05) is 11.3 Å². The Labute approximate surface area is 127 Å². The standard InChI is InChI=1S/C15H19N3O2S/c1-2-20-11-5-6-12-13(9-11)21-15(16-12)17-14(19)10-18-7-3-4-8-18/h5-6,9H,2-4,7-8,10H2,1H3,(H,16,17,19). The molecule has 1 fully saturated rings. The Balaban J connectivity index is 1.67. The summed E-state index contributed by atoms with van der Waals surface area (Å²) in [6.07, 6.45) is 2.38. The second-order valence-corrected chi connectivity index (χ2v) is 6.14. The lowest BCUT2D eigenvalue weighted by Crippen LogP contribution is -2.30. The summed E-state index contributed by atoms with van der Waals surface area (Å²) in [5.74, 6) is 0.851. The molecule has 0 bridgehead atoms. The minimum absolute atomic E-state index is 0.0148. The summed E-state index contributed by atoms with van der Waals surface area (Å²) in [4.78, 5) is 18.6. The van der Waals surface area contributed by atoms with Crippen molar-refractivity contribution in [2.45, 2.75) is 19.8 Å². The summed E-state index contributed by atoms with van der Waals surface area (Å²) in [6, 6.07) is 5.79. The monoisotopic (exact) mass is 305 g/mol. The predicted molar refractivity (Wildman–Crippen MR) is 85.1 cm³/mol. The molecule has 112 valence electrons. The van der Waals surface area contributed by atoms with Gasteiger partial charge >= 0.3 is 0 Å². The number of aromatic nitrogens is 1. The van der Waals surface area contributed by atoms with Crippen molar-refractivity contribution >= 4 is 32.6 Å². The van der Waals surface area contributed by atoms with Crippen molar-refractivity contribution in [3.63, 3.8) is 0 Å². The van der Waals surface area contributed by atoms with Gasteiger partial charge in [-0.2, -0.15) is 0 Å². The molecule has 0 aliphatic carbocycles. The fourth-order valence-electron chi connectivity index (χ4n) is 2.52. The van der Waals surface area contributed by atoms with E-state index in [4.69, 9.17) is 4.74 Å². The van der Waals surface area contributed by atoms with Crippen LogP contribution in [0.5, 0.6) is 5.75 Å². The maximum atomic E-state index is 12.0. The molecule has 0 saturated carbocycles. The quantitative estimate of drug-likeness (QED) is 0.923. The third-order valence-electron chi connectivity index (χ3n) is 3.48. The van der Waals surface area contributed by atoms with E-state index in [1.807, 2.05) is 25.1 Å². The van der Waals surface area contributed by atoms with Gasteiger partial charge in [0.2, 0.25) is 5.91 Å². The molecule has 1 aliphatic heterocycles. The van der Waals surface area contributed by atoms with Gasteiger partial charge in [-0.05, 0) is 51.1 Å². The Morgan fingerprint density at radius 2 is 2.24 bits per heavy atom. The summed E-state index contributed by atoms with van der Waals surface area (Å²) >= 11 is 1.48. The van der Waals surface area contributed by atoms with Crippen molar-refractivity contribution in [3.05, 3.63) is 18.2 Å². The Morgan fingerprint density at radius 1 is 1.43 bits per heavy atom. The number of likely N-dealkylation sites (tertiary alicyclic amines) is 1. The van der Waals surface area contributed by atoms with Crippen molar-refractivity contribution in [2.24, 2.45) is 0 Å². The van der Waals surface area contributed by atoms with Crippen LogP contribution in [0.15, 0.2) is 18.2 Å². The van der Waals surface area contributed by atoms with Crippen LogP contribution in [0.25, 0.3) is 10.2 Å². The van der Waals surface area contributed by atoms with Gasteiger partial charge in [-0.15, -0.1) is 0 Å². The number of benzene rings is 1. The molecule has 1 aromatic carbocycles. The molecule has 0 unspecified atom stereocenters. The number of anilines is 1. The molecular formula is C15H19N3O2S. The Bertz CT molecular complexity index is 635. The molecule has 1 aromatic heterocycles. The van der Waals surface area contributed by atoms with Gasteiger partial charge in [0.05, 0.1) is 23.4 Å². The molecule has 2 aromatic rings. The van der Waals surface area contributed by atoms with E-state index in [-0.39, 0.29) is 5.91 Å². The Morgan fingerprint density at radius 3 is 3.00 bits per heavy atom. The summed E-state index contributed by atoms with van der Waals surface area (Å²) in [7, 11) is 0. The zero-order chi connectivity index (χ0) is 14.7. The molecule has 1 aliphatic rings. The van der Waals surface area contributed by atoms with E-state index in [1.165, 1.54) is 24.2 Å². The first-order chi connectivity index (χ1) is 10.2. The fourth-order valence-corrected chi connectivity index (χ4v) is 3.43. The minimum atomic E-state index is 0.0148. The second-order valence-electron chi connectivity index (χ2n) is 5.11. The third kappa shape index (κ3) is 3.51. The number of carbonyl (C=O) groups is 1. The second kappa shape index (κ2) is 6.41. The normalized spacial score (nSPS) is 15.5. The number of nitrogens with one attached hydrogen (secondary N) is 1. The predicted octanol–water partition coefficient (Wildman–Crippen LogP) is 2.73. The van der Waals surface area contributed by atoms with E-state index in [1.54, 1.807) is 0 Å². The molecule has 0 spiro atoms. The largest absolute Gasteiger partial charge is 0.494 e. The van der Waals surface area contributed by atoms with Crippen LogP contribution in [-0.4, -0.2) is 42.0 Å². The lowest BCUT2D eigenvalue weighted by atomic mass is 10.3. The summed E-state index contributed by atoms with van der Waals surface area (Å²) in [6.45, 7) is 5.10. The van der Waals surface area contributed by atoms with Crippen LogP contribution >= 0.6 is 11.3 Å². The molecule has 5 nitrogen and oxygen atoms in total. The summed E-state index contributed by atoms with van der Waals surface area (Å²) in [5, 5.41) is 3.55. The maximum absolute atomic E-state index is 12.0. The highest BCUT2D eigenvalue weighted by atomic mass is 32.1. The molecule has 2 heterocycles. The maximum Gasteiger partial charge on any atom is 0.240 e. The molecule has 1 amide bonds. The van der Waals surface area contributed by atoms with E-state index < -0.39 is 0 Å². The number of rotatable bonds is 5. The SMILES string of the molecule is CCOc1ccc2nc(NC(=O)CN3CCCC3)sc2c1. The Kier molecular flexibility index (Phi) is 4.36. The van der Waals surface area contributed by atoms with Crippen LogP contribution in [0.1, 0.15) is 19.8 Å². The summed E-state index contributed by atoms with van der Waals surface area (Å²) in [5.41, 5.74) is 0.889. The van der Waals surface area contributed by atoms with Crippen molar-refractivity contribution in [1.82, 2.24) is 9.88 Å². The number of amides is 1. The van der Waals surface area contributed by atoms with Crippen molar-refractivity contribution in [2.75, 3.05) is 31.6 Å². The van der Waals surface area contributed by atoms with E-state index in [9.17, 15) is 4.79 Å². The molecule has 0 atom stereocenters. The first-order valence-electron chi connectivity index (χ1n) is 7.30.